The third kappa shape index (κ3) is 3.43. The molecule has 0 aromatic heterocycles. The summed E-state index contributed by atoms with van der Waals surface area (Å²) in [6.45, 7) is 1.39. The number of hydrogen-bond donors (Lipinski definition) is 1. The van der Waals surface area contributed by atoms with Gasteiger partial charge in [-0.05, 0) is 18.2 Å². The number of benzene rings is 1. The number of nitrogens with one attached hydrogen (secondary N) is 1. The average molecular weight is 220 g/mol. The Balaban J connectivity index is 2.56. The fourth-order valence-corrected chi connectivity index (χ4v) is 1.40. The van der Waals surface area contributed by atoms with Crippen LogP contribution in [0.3, 0.4) is 0 Å². The van der Waals surface area contributed by atoms with Crippen LogP contribution in [0.2, 0.25) is 10.0 Å². The molecule has 0 aliphatic carbocycles. The van der Waals surface area contributed by atoms with E-state index in [1.54, 1.807) is 19.2 Å². The zero-order valence-corrected chi connectivity index (χ0v) is 8.82. The highest BCUT2D eigenvalue weighted by Crippen LogP contribution is 2.24. The van der Waals surface area contributed by atoms with E-state index in [-0.39, 0.29) is 0 Å². The second-order valence-corrected chi connectivity index (χ2v) is 3.39. The zero-order chi connectivity index (χ0) is 9.68. The minimum atomic E-state index is 0.628. The maximum absolute atomic E-state index is 5.92. The van der Waals surface area contributed by atoms with Crippen LogP contribution in [0.15, 0.2) is 18.2 Å². The van der Waals surface area contributed by atoms with Crippen molar-refractivity contribution in [3.05, 3.63) is 28.2 Å². The van der Waals surface area contributed by atoms with Crippen LogP contribution in [-0.2, 0) is 4.74 Å². The van der Waals surface area contributed by atoms with Crippen molar-refractivity contribution in [2.45, 2.75) is 0 Å². The quantitative estimate of drug-likeness (QED) is 0.787. The number of halogens is 2. The van der Waals surface area contributed by atoms with Crippen LogP contribution in [0.1, 0.15) is 0 Å². The minimum absolute atomic E-state index is 0.628. The number of anilines is 1. The smallest absolute Gasteiger partial charge is 0.0652 e. The number of hydrogen-bond acceptors (Lipinski definition) is 2. The Labute approximate surface area is 87.8 Å². The first-order valence-electron chi connectivity index (χ1n) is 3.92. The van der Waals surface area contributed by atoms with Crippen molar-refractivity contribution < 1.29 is 4.74 Å². The first kappa shape index (κ1) is 10.6. The van der Waals surface area contributed by atoms with Crippen LogP contribution in [0.4, 0.5) is 5.69 Å². The van der Waals surface area contributed by atoms with Crippen LogP contribution in [0, 0.1) is 0 Å². The second kappa shape index (κ2) is 5.32. The Morgan fingerprint density at radius 1 is 1.38 bits per heavy atom. The molecule has 0 fully saturated rings. The van der Waals surface area contributed by atoms with E-state index >= 15 is 0 Å². The molecular formula is C9H11Cl2NO. The van der Waals surface area contributed by atoms with Crippen molar-refractivity contribution in [1.82, 2.24) is 0 Å². The molecule has 1 N–H and O–H groups in total. The monoisotopic (exact) mass is 219 g/mol. The van der Waals surface area contributed by atoms with Gasteiger partial charge in [0.2, 0.25) is 0 Å². The fourth-order valence-electron chi connectivity index (χ4n) is 0.921. The summed E-state index contributed by atoms with van der Waals surface area (Å²) in [6.07, 6.45) is 0. The average Bonchev–Trinajstić information content (AvgIpc) is 2.09. The molecule has 0 radical (unpaired) electrons. The molecule has 2 nitrogen and oxygen atoms in total. The molecule has 1 aromatic carbocycles. The third-order valence-electron chi connectivity index (χ3n) is 1.55. The summed E-state index contributed by atoms with van der Waals surface area (Å²) in [7, 11) is 1.66. The second-order valence-electron chi connectivity index (χ2n) is 2.54. The van der Waals surface area contributed by atoms with E-state index in [4.69, 9.17) is 27.9 Å². The van der Waals surface area contributed by atoms with Gasteiger partial charge in [-0.15, -0.1) is 0 Å². The Bertz CT molecular complexity index is 278. The first-order chi connectivity index (χ1) is 6.24. The molecule has 0 aliphatic rings. The minimum Gasteiger partial charge on any atom is -0.383 e. The molecule has 0 heterocycles. The topological polar surface area (TPSA) is 21.3 Å². The summed E-state index contributed by atoms with van der Waals surface area (Å²) in [5.74, 6) is 0. The van der Waals surface area contributed by atoms with Crippen LogP contribution in [0.5, 0.6) is 0 Å². The van der Waals surface area contributed by atoms with E-state index in [9.17, 15) is 0 Å². The van der Waals surface area contributed by atoms with Crippen molar-refractivity contribution in [2.24, 2.45) is 0 Å². The Morgan fingerprint density at radius 2 is 2.15 bits per heavy atom. The van der Waals surface area contributed by atoms with Crippen LogP contribution in [-0.4, -0.2) is 20.3 Å². The Morgan fingerprint density at radius 3 is 2.77 bits per heavy atom. The van der Waals surface area contributed by atoms with Crippen molar-refractivity contribution in [3.8, 4) is 0 Å². The van der Waals surface area contributed by atoms with E-state index in [0.717, 1.165) is 12.2 Å². The van der Waals surface area contributed by atoms with Gasteiger partial charge in [-0.1, -0.05) is 23.2 Å². The fraction of sp³-hybridized carbons (Fsp3) is 0.333. The summed E-state index contributed by atoms with van der Waals surface area (Å²) >= 11 is 11.7. The van der Waals surface area contributed by atoms with Crippen LogP contribution < -0.4 is 5.32 Å². The first-order valence-corrected chi connectivity index (χ1v) is 4.67. The van der Waals surface area contributed by atoms with Crippen molar-refractivity contribution >= 4 is 28.9 Å². The molecule has 1 aromatic rings. The van der Waals surface area contributed by atoms with Crippen molar-refractivity contribution in [2.75, 3.05) is 25.6 Å². The highest BCUT2D eigenvalue weighted by atomic mass is 35.5. The number of methoxy groups -OCH3 is 1. The van der Waals surface area contributed by atoms with E-state index in [0.29, 0.717) is 16.7 Å². The molecule has 0 saturated carbocycles. The van der Waals surface area contributed by atoms with Gasteiger partial charge in [0.15, 0.2) is 0 Å². The molecule has 0 unspecified atom stereocenters. The van der Waals surface area contributed by atoms with Crippen molar-refractivity contribution in [1.29, 1.82) is 0 Å². The SMILES string of the molecule is COCCNc1ccc(Cl)cc1Cl. The lowest BCUT2D eigenvalue weighted by Gasteiger charge is -2.07. The van der Waals surface area contributed by atoms with Gasteiger partial charge in [0.05, 0.1) is 17.3 Å². The van der Waals surface area contributed by atoms with Gasteiger partial charge in [-0.2, -0.15) is 0 Å². The van der Waals surface area contributed by atoms with Gasteiger partial charge in [0.25, 0.3) is 0 Å². The molecule has 0 aliphatic heterocycles. The molecule has 4 heteroatoms. The standard InChI is InChI=1S/C9H11Cl2NO/c1-13-5-4-12-9-3-2-7(10)6-8(9)11/h2-3,6,12H,4-5H2,1H3. The van der Waals surface area contributed by atoms with E-state index in [2.05, 4.69) is 5.32 Å². The van der Waals surface area contributed by atoms with E-state index in [1.807, 2.05) is 6.07 Å². The summed E-state index contributed by atoms with van der Waals surface area (Å²) in [5, 5.41) is 4.39. The van der Waals surface area contributed by atoms with Gasteiger partial charge in [-0.25, -0.2) is 0 Å². The Kier molecular flexibility index (Phi) is 4.36. The normalized spacial score (nSPS) is 10.1. The van der Waals surface area contributed by atoms with Gasteiger partial charge in [-0.3, -0.25) is 0 Å². The molecular weight excluding hydrogens is 209 g/mol. The maximum Gasteiger partial charge on any atom is 0.0652 e. The van der Waals surface area contributed by atoms with Gasteiger partial charge in [0, 0.05) is 18.7 Å². The molecule has 0 atom stereocenters. The highest BCUT2D eigenvalue weighted by molar-refractivity contribution is 6.36. The maximum atomic E-state index is 5.92. The number of ether oxygens (including phenoxy) is 1. The number of rotatable bonds is 4. The zero-order valence-electron chi connectivity index (χ0n) is 7.31. The summed E-state index contributed by atoms with van der Waals surface area (Å²) in [5.41, 5.74) is 0.878. The molecule has 13 heavy (non-hydrogen) atoms. The summed E-state index contributed by atoms with van der Waals surface area (Å²) < 4.78 is 4.90. The largest absolute Gasteiger partial charge is 0.383 e. The lowest BCUT2D eigenvalue weighted by molar-refractivity contribution is 0.211. The van der Waals surface area contributed by atoms with Gasteiger partial charge in [0.1, 0.15) is 0 Å². The predicted octanol–water partition coefficient (Wildman–Crippen LogP) is 3.05. The molecule has 0 spiro atoms. The van der Waals surface area contributed by atoms with Crippen LogP contribution in [0.25, 0.3) is 0 Å². The predicted molar refractivity (Wildman–Crippen MR) is 56.8 cm³/mol. The molecule has 72 valence electrons. The third-order valence-corrected chi connectivity index (χ3v) is 2.10. The lowest BCUT2D eigenvalue weighted by Crippen LogP contribution is -2.07. The van der Waals surface area contributed by atoms with Crippen molar-refractivity contribution in [3.63, 3.8) is 0 Å². The Hall–Kier alpha value is -0.440. The summed E-state index contributed by atoms with van der Waals surface area (Å²) in [6, 6.07) is 5.35. The van der Waals surface area contributed by atoms with Gasteiger partial charge >= 0.3 is 0 Å². The molecule has 1 rings (SSSR count). The van der Waals surface area contributed by atoms with E-state index in [1.165, 1.54) is 0 Å². The molecule has 0 amide bonds. The van der Waals surface area contributed by atoms with Crippen LogP contribution >= 0.6 is 23.2 Å². The molecule has 0 bridgehead atoms. The van der Waals surface area contributed by atoms with Gasteiger partial charge < -0.3 is 10.1 Å². The summed E-state index contributed by atoms with van der Waals surface area (Å²) in [4.78, 5) is 0. The van der Waals surface area contributed by atoms with E-state index < -0.39 is 0 Å². The molecule has 0 saturated heterocycles. The highest BCUT2D eigenvalue weighted by Gasteiger charge is 1.99. The lowest BCUT2D eigenvalue weighted by atomic mass is 10.3.